The third-order valence-corrected chi connectivity index (χ3v) is 5.89. The predicted molar refractivity (Wildman–Crippen MR) is 118 cm³/mol. The van der Waals surface area contributed by atoms with Crippen LogP contribution in [0.4, 0.5) is 10.1 Å². The highest BCUT2D eigenvalue weighted by atomic mass is 79.9. The molecule has 0 aromatic heterocycles. The van der Waals surface area contributed by atoms with Crippen molar-refractivity contribution in [3.63, 3.8) is 0 Å². The first-order valence-electron chi connectivity index (χ1n) is 9.63. The van der Waals surface area contributed by atoms with E-state index in [2.05, 4.69) is 26.6 Å². The van der Waals surface area contributed by atoms with Crippen molar-refractivity contribution in [2.24, 2.45) is 0 Å². The maximum absolute atomic E-state index is 13.9. The van der Waals surface area contributed by atoms with E-state index < -0.39 is 11.7 Å². The fraction of sp³-hybridized carbons (Fsp3) is 0.167. The zero-order chi connectivity index (χ0) is 21.3. The number of nitrogens with one attached hydrogen (secondary N) is 2. The van der Waals surface area contributed by atoms with Crippen LogP contribution in [0.2, 0.25) is 0 Å². The number of aryl methyl sites for hydroxylation is 1. The summed E-state index contributed by atoms with van der Waals surface area (Å²) in [4.78, 5) is 25.4. The summed E-state index contributed by atoms with van der Waals surface area (Å²) in [5, 5.41) is 5.85. The number of rotatable bonds is 5. The summed E-state index contributed by atoms with van der Waals surface area (Å²) in [5.41, 5.74) is 2.37. The Morgan fingerprint density at radius 2 is 1.67 bits per heavy atom. The molecule has 0 saturated heterocycles. The molecular formula is C24H20BrFN2O2. The van der Waals surface area contributed by atoms with Crippen LogP contribution in [0.15, 0.2) is 71.2 Å². The molecule has 0 atom stereocenters. The first-order chi connectivity index (χ1) is 14.4. The first kappa shape index (κ1) is 20.3. The molecule has 2 N–H and O–H groups in total. The molecule has 3 aromatic rings. The third-order valence-electron chi connectivity index (χ3n) is 5.37. The van der Waals surface area contributed by atoms with Crippen LogP contribution < -0.4 is 10.6 Å². The number of halogens is 2. The van der Waals surface area contributed by atoms with Gasteiger partial charge in [0.25, 0.3) is 11.8 Å². The molecule has 2 amide bonds. The molecule has 0 heterocycles. The maximum atomic E-state index is 13.9. The Bertz CT molecular complexity index is 1120. The second-order valence-electron chi connectivity index (χ2n) is 7.51. The van der Waals surface area contributed by atoms with Gasteiger partial charge in [-0.3, -0.25) is 9.59 Å². The van der Waals surface area contributed by atoms with Crippen molar-refractivity contribution in [3.8, 4) is 0 Å². The molecule has 6 heteroatoms. The molecule has 0 bridgehead atoms. The molecule has 0 unspecified atom stereocenters. The van der Waals surface area contributed by atoms with Gasteiger partial charge in [-0.2, -0.15) is 0 Å². The Balaban J connectivity index is 1.53. The maximum Gasteiger partial charge on any atom is 0.258 e. The van der Waals surface area contributed by atoms with E-state index >= 15 is 0 Å². The molecule has 3 aromatic carbocycles. The summed E-state index contributed by atoms with van der Waals surface area (Å²) in [7, 11) is 0. The average Bonchev–Trinajstić information content (AvgIpc) is 3.50. The highest BCUT2D eigenvalue weighted by Gasteiger charge is 2.45. The summed E-state index contributed by atoms with van der Waals surface area (Å²) < 4.78 is 14.9. The van der Waals surface area contributed by atoms with E-state index in [1.165, 1.54) is 18.2 Å². The Hall–Kier alpha value is -2.99. The van der Waals surface area contributed by atoms with Gasteiger partial charge in [-0.1, -0.05) is 46.3 Å². The molecule has 4 rings (SSSR count). The lowest BCUT2D eigenvalue weighted by molar-refractivity contribution is 0.0929. The highest BCUT2D eigenvalue weighted by Crippen LogP contribution is 2.46. The van der Waals surface area contributed by atoms with Gasteiger partial charge in [-0.25, -0.2) is 4.39 Å². The second-order valence-corrected chi connectivity index (χ2v) is 8.42. The van der Waals surface area contributed by atoms with Crippen LogP contribution in [-0.4, -0.2) is 11.8 Å². The SMILES string of the molecule is Cc1ccc(C(=O)NC2(c3ccc(Br)cc3)CC2)cc1NC(=O)c1ccccc1F. The summed E-state index contributed by atoms with van der Waals surface area (Å²) >= 11 is 3.43. The molecular weight excluding hydrogens is 447 g/mol. The summed E-state index contributed by atoms with van der Waals surface area (Å²) in [6.45, 7) is 1.82. The largest absolute Gasteiger partial charge is 0.343 e. The van der Waals surface area contributed by atoms with E-state index in [4.69, 9.17) is 0 Å². The number of carbonyl (C=O) groups excluding carboxylic acids is 2. The van der Waals surface area contributed by atoms with E-state index in [1.807, 2.05) is 31.2 Å². The van der Waals surface area contributed by atoms with Gasteiger partial charge >= 0.3 is 0 Å². The van der Waals surface area contributed by atoms with Gasteiger partial charge in [0.1, 0.15) is 5.82 Å². The smallest absolute Gasteiger partial charge is 0.258 e. The minimum atomic E-state index is -0.591. The van der Waals surface area contributed by atoms with Crippen LogP contribution in [0.25, 0.3) is 0 Å². The van der Waals surface area contributed by atoms with Gasteiger partial charge in [0.05, 0.1) is 11.1 Å². The lowest BCUT2D eigenvalue weighted by atomic mass is 10.0. The third kappa shape index (κ3) is 4.14. The average molecular weight is 467 g/mol. The highest BCUT2D eigenvalue weighted by molar-refractivity contribution is 9.10. The Morgan fingerprint density at radius 1 is 0.967 bits per heavy atom. The molecule has 0 radical (unpaired) electrons. The van der Waals surface area contributed by atoms with Gasteiger partial charge in [-0.05, 0) is 67.3 Å². The fourth-order valence-electron chi connectivity index (χ4n) is 3.40. The van der Waals surface area contributed by atoms with Crippen LogP contribution in [-0.2, 0) is 5.54 Å². The normalized spacial score (nSPS) is 14.1. The van der Waals surface area contributed by atoms with Crippen molar-refractivity contribution in [3.05, 3.63) is 99.3 Å². The van der Waals surface area contributed by atoms with E-state index in [0.717, 1.165) is 28.4 Å². The van der Waals surface area contributed by atoms with Gasteiger partial charge < -0.3 is 10.6 Å². The van der Waals surface area contributed by atoms with Crippen molar-refractivity contribution in [2.75, 3.05) is 5.32 Å². The van der Waals surface area contributed by atoms with Crippen LogP contribution >= 0.6 is 15.9 Å². The predicted octanol–water partition coefficient (Wildman–Crippen LogP) is 5.57. The number of amides is 2. The molecule has 0 spiro atoms. The van der Waals surface area contributed by atoms with Gasteiger partial charge in [0.2, 0.25) is 0 Å². The number of benzene rings is 3. The monoisotopic (exact) mass is 466 g/mol. The molecule has 4 nitrogen and oxygen atoms in total. The minimum Gasteiger partial charge on any atom is -0.343 e. The molecule has 30 heavy (non-hydrogen) atoms. The van der Waals surface area contributed by atoms with E-state index in [1.54, 1.807) is 24.3 Å². The molecule has 1 aliphatic rings. The fourth-order valence-corrected chi connectivity index (χ4v) is 3.67. The van der Waals surface area contributed by atoms with Gasteiger partial charge in [0.15, 0.2) is 0 Å². The Morgan fingerprint density at radius 3 is 2.33 bits per heavy atom. The lowest BCUT2D eigenvalue weighted by Gasteiger charge is -2.19. The summed E-state index contributed by atoms with van der Waals surface area (Å²) in [6, 6.07) is 18.8. The topological polar surface area (TPSA) is 58.2 Å². The number of hydrogen-bond acceptors (Lipinski definition) is 2. The Labute approximate surface area is 182 Å². The van der Waals surface area contributed by atoms with Crippen molar-refractivity contribution < 1.29 is 14.0 Å². The molecule has 152 valence electrons. The number of carbonyl (C=O) groups is 2. The summed E-state index contributed by atoms with van der Waals surface area (Å²) in [5.74, 6) is -1.36. The van der Waals surface area contributed by atoms with Crippen LogP contribution in [0.1, 0.15) is 44.7 Å². The van der Waals surface area contributed by atoms with Crippen molar-refractivity contribution in [1.82, 2.24) is 5.32 Å². The quantitative estimate of drug-likeness (QED) is 0.516. The van der Waals surface area contributed by atoms with E-state index in [-0.39, 0.29) is 17.0 Å². The molecule has 0 aliphatic heterocycles. The van der Waals surface area contributed by atoms with E-state index in [0.29, 0.717) is 11.3 Å². The van der Waals surface area contributed by atoms with Gasteiger partial charge in [0, 0.05) is 15.7 Å². The first-order valence-corrected chi connectivity index (χ1v) is 10.4. The minimum absolute atomic E-state index is 0.0427. The van der Waals surface area contributed by atoms with Crippen LogP contribution in [0.5, 0.6) is 0 Å². The van der Waals surface area contributed by atoms with E-state index in [9.17, 15) is 14.0 Å². The zero-order valence-corrected chi connectivity index (χ0v) is 17.9. The molecule has 1 fully saturated rings. The Kier molecular flexibility index (Phi) is 5.43. The zero-order valence-electron chi connectivity index (χ0n) is 16.3. The standard InChI is InChI=1S/C24H20BrFN2O2/c1-15-6-7-16(14-21(15)27-23(30)19-4-2-3-5-20(19)26)22(29)28-24(12-13-24)17-8-10-18(25)11-9-17/h2-11,14H,12-13H2,1H3,(H,27,30)(H,28,29). The molecule has 1 aliphatic carbocycles. The number of hydrogen-bond donors (Lipinski definition) is 2. The van der Waals surface area contributed by atoms with Crippen LogP contribution in [0, 0.1) is 12.7 Å². The molecule has 1 saturated carbocycles. The van der Waals surface area contributed by atoms with Crippen molar-refractivity contribution >= 4 is 33.4 Å². The van der Waals surface area contributed by atoms with Gasteiger partial charge in [-0.15, -0.1) is 0 Å². The number of anilines is 1. The lowest BCUT2D eigenvalue weighted by Crippen LogP contribution is -2.34. The van der Waals surface area contributed by atoms with Crippen molar-refractivity contribution in [2.45, 2.75) is 25.3 Å². The van der Waals surface area contributed by atoms with Crippen LogP contribution in [0.3, 0.4) is 0 Å². The second kappa shape index (κ2) is 8.03. The van der Waals surface area contributed by atoms with Crippen molar-refractivity contribution in [1.29, 1.82) is 0 Å². The summed E-state index contributed by atoms with van der Waals surface area (Å²) in [6.07, 6.45) is 1.76.